The Kier molecular flexibility index (Phi) is 2.73. The molecule has 1 rings (SSSR count). The summed E-state index contributed by atoms with van der Waals surface area (Å²) in [6.07, 6.45) is 8.14. The fourth-order valence-corrected chi connectivity index (χ4v) is 1.61. The predicted octanol–water partition coefficient (Wildman–Crippen LogP) is 2.21. The van der Waals surface area contributed by atoms with Crippen LogP contribution < -0.4 is 0 Å². The molecule has 1 unspecified atom stereocenters. The molecular formula is C11H20N+. The summed E-state index contributed by atoms with van der Waals surface area (Å²) in [5, 5.41) is 0. The van der Waals surface area contributed by atoms with Gasteiger partial charge in [0.25, 0.3) is 0 Å². The molecule has 1 nitrogen and oxygen atoms in total. The van der Waals surface area contributed by atoms with Crippen LogP contribution in [0.2, 0.25) is 0 Å². The van der Waals surface area contributed by atoms with E-state index >= 15 is 0 Å². The molecule has 0 aromatic heterocycles. The molecule has 0 N–H and O–H groups in total. The van der Waals surface area contributed by atoms with Crippen molar-refractivity contribution in [1.29, 1.82) is 0 Å². The second kappa shape index (κ2) is 3.44. The summed E-state index contributed by atoms with van der Waals surface area (Å²) in [6.45, 7) is 3.40. The van der Waals surface area contributed by atoms with Crippen molar-refractivity contribution in [3.05, 3.63) is 23.8 Å². The second-order valence-electron chi connectivity index (χ2n) is 4.78. The highest BCUT2D eigenvalue weighted by Crippen LogP contribution is 2.17. The van der Waals surface area contributed by atoms with Gasteiger partial charge in [-0.15, -0.1) is 0 Å². The van der Waals surface area contributed by atoms with Crippen LogP contribution >= 0.6 is 0 Å². The second-order valence-corrected chi connectivity index (χ2v) is 4.78. The van der Waals surface area contributed by atoms with Crippen molar-refractivity contribution in [3.63, 3.8) is 0 Å². The molecule has 12 heavy (non-hydrogen) atoms. The van der Waals surface area contributed by atoms with Crippen LogP contribution in [0.5, 0.6) is 0 Å². The lowest BCUT2D eigenvalue weighted by molar-refractivity contribution is -0.873. The molecule has 1 atom stereocenters. The van der Waals surface area contributed by atoms with Crippen molar-refractivity contribution in [1.82, 2.24) is 0 Å². The van der Waals surface area contributed by atoms with Gasteiger partial charge in [-0.25, -0.2) is 0 Å². The van der Waals surface area contributed by atoms with Crippen LogP contribution in [0.3, 0.4) is 0 Å². The van der Waals surface area contributed by atoms with Crippen molar-refractivity contribution >= 4 is 0 Å². The van der Waals surface area contributed by atoms with E-state index < -0.39 is 0 Å². The quantitative estimate of drug-likeness (QED) is 0.552. The minimum Gasteiger partial charge on any atom is -0.330 e. The first-order valence-electron chi connectivity index (χ1n) is 4.63. The average Bonchev–Trinajstić information content (AvgIpc) is 1.91. The lowest BCUT2D eigenvalue weighted by Crippen LogP contribution is -2.38. The number of nitrogens with zero attached hydrogens (tertiary/aromatic N) is 1. The molecule has 0 radical (unpaired) electrons. The Labute approximate surface area is 76.0 Å². The molecule has 68 valence electrons. The minimum atomic E-state index is 0.744. The number of rotatable bonds is 2. The molecule has 0 heterocycles. The summed E-state index contributed by atoms with van der Waals surface area (Å²) in [5.41, 5.74) is 1.41. The van der Waals surface area contributed by atoms with E-state index in [9.17, 15) is 0 Å². The fourth-order valence-electron chi connectivity index (χ4n) is 1.61. The molecule has 0 aromatic rings. The van der Waals surface area contributed by atoms with Gasteiger partial charge in [0.05, 0.1) is 27.7 Å². The van der Waals surface area contributed by atoms with Gasteiger partial charge in [0.1, 0.15) is 0 Å². The van der Waals surface area contributed by atoms with Crippen molar-refractivity contribution in [2.75, 3.05) is 27.7 Å². The van der Waals surface area contributed by atoms with E-state index in [1.54, 1.807) is 0 Å². The third-order valence-electron chi connectivity index (χ3n) is 2.16. The average molecular weight is 166 g/mol. The predicted molar refractivity (Wildman–Crippen MR) is 53.9 cm³/mol. The maximum Gasteiger partial charge on any atom is 0.0847 e. The molecule has 0 aliphatic heterocycles. The molecular weight excluding hydrogens is 146 g/mol. The Morgan fingerprint density at radius 3 is 2.50 bits per heavy atom. The van der Waals surface area contributed by atoms with Crippen LogP contribution in [0, 0.1) is 5.92 Å². The lowest BCUT2D eigenvalue weighted by atomic mass is 9.96. The van der Waals surface area contributed by atoms with Gasteiger partial charge in [-0.3, -0.25) is 0 Å². The van der Waals surface area contributed by atoms with E-state index in [0.717, 1.165) is 10.4 Å². The van der Waals surface area contributed by atoms with Crippen molar-refractivity contribution in [3.8, 4) is 0 Å². The topological polar surface area (TPSA) is 0 Å². The van der Waals surface area contributed by atoms with E-state index in [-0.39, 0.29) is 0 Å². The molecule has 1 heteroatoms. The van der Waals surface area contributed by atoms with E-state index in [0.29, 0.717) is 0 Å². The van der Waals surface area contributed by atoms with Crippen LogP contribution in [0.1, 0.15) is 13.3 Å². The van der Waals surface area contributed by atoms with E-state index in [4.69, 9.17) is 0 Å². The summed E-state index contributed by atoms with van der Waals surface area (Å²) >= 11 is 0. The third kappa shape index (κ3) is 3.22. The van der Waals surface area contributed by atoms with Gasteiger partial charge in [0, 0.05) is 5.92 Å². The molecule has 0 saturated heterocycles. The molecule has 0 saturated carbocycles. The Balaban J connectivity index is 2.44. The zero-order valence-corrected chi connectivity index (χ0v) is 8.67. The van der Waals surface area contributed by atoms with E-state index in [2.05, 4.69) is 46.3 Å². The van der Waals surface area contributed by atoms with Gasteiger partial charge >= 0.3 is 0 Å². The highest BCUT2D eigenvalue weighted by Gasteiger charge is 2.15. The highest BCUT2D eigenvalue weighted by atomic mass is 15.3. The number of hydrogen-bond donors (Lipinski definition) is 0. The molecule has 1 aliphatic carbocycles. The van der Waals surface area contributed by atoms with Gasteiger partial charge in [0.2, 0.25) is 0 Å². The molecule has 0 amide bonds. The van der Waals surface area contributed by atoms with Crippen LogP contribution in [0.15, 0.2) is 23.8 Å². The molecule has 0 aromatic carbocycles. The minimum absolute atomic E-state index is 0.744. The molecule has 0 fully saturated rings. The SMILES string of the molecule is CC1=CCC(C[N+](C)(C)C)C=C1. The first kappa shape index (κ1) is 9.53. The Morgan fingerprint density at radius 2 is 2.08 bits per heavy atom. The van der Waals surface area contributed by atoms with Gasteiger partial charge < -0.3 is 4.48 Å². The molecule has 0 bridgehead atoms. The summed E-state index contributed by atoms with van der Waals surface area (Å²) < 4.78 is 1.06. The first-order valence-corrected chi connectivity index (χ1v) is 4.63. The zero-order valence-electron chi connectivity index (χ0n) is 8.67. The summed E-state index contributed by atoms with van der Waals surface area (Å²) in [5.74, 6) is 0.744. The smallest absolute Gasteiger partial charge is 0.0847 e. The normalized spacial score (nSPS) is 24.0. The highest BCUT2D eigenvalue weighted by molar-refractivity contribution is 5.21. The van der Waals surface area contributed by atoms with E-state index in [1.165, 1.54) is 18.5 Å². The Hall–Kier alpha value is -0.560. The molecule has 1 aliphatic rings. The van der Waals surface area contributed by atoms with Gasteiger partial charge in [0.15, 0.2) is 0 Å². The largest absolute Gasteiger partial charge is 0.330 e. The van der Waals surface area contributed by atoms with Crippen LogP contribution in [-0.2, 0) is 0 Å². The number of hydrogen-bond acceptors (Lipinski definition) is 0. The monoisotopic (exact) mass is 166 g/mol. The van der Waals surface area contributed by atoms with Crippen LogP contribution in [-0.4, -0.2) is 32.2 Å². The maximum atomic E-state index is 2.35. The standard InChI is InChI=1S/C11H20N/c1-10-5-7-11(8-6-10)9-12(2,3)4/h5-7,11H,8-9H2,1-4H3/q+1. The Bertz CT molecular complexity index is 206. The zero-order chi connectivity index (χ0) is 9.19. The first-order chi connectivity index (χ1) is 5.47. The van der Waals surface area contributed by atoms with Crippen molar-refractivity contribution < 1.29 is 4.48 Å². The summed E-state index contributed by atoms with van der Waals surface area (Å²) in [7, 11) is 6.75. The lowest BCUT2D eigenvalue weighted by Gasteiger charge is -2.28. The van der Waals surface area contributed by atoms with Gasteiger partial charge in [-0.05, 0) is 13.3 Å². The number of allylic oxidation sites excluding steroid dienone is 3. The van der Waals surface area contributed by atoms with Crippen molar-refractivity contribution in [2.45, 2.75) is 13.3 Å². The third-order valence-corrected chi connectivity index (χ3v) is 2.16. The number of quaternary nitrogens is 1. The summed E-state index contributed by atoms with van der Waals surface area (Å²) in [4.78, 5) is 0. The van der Waals surface area contributed by atoms with Crippen LogP contribution in [0.4, 0.5) is 0 Å². The van der Waals surface area contributed by atoms with Crippen LogP contribution in [0.25, 0.3) is 0 Å². The Morgan fingerprint density at radius 1 is 1.42 bits per heavy atom. The van der Waals surface area contributed by atoms with Crippen molar-refractivity contribution in [2.24, 2.45) is 5.92 Å². The fraction of sp³-hybridized carbons (Fsp3) is 0.636. The molecule has 0 spiro atoms. The maximum absolute atomic E-state index is 2.35. The van der Waals surface area contributed by atoms with E-state index in [1.807, 2.05) is 0 Å². The van der Waals surface area contributed by atoms with Gasteiger partial charge in [-0.2, -0.15) is 0 Å². The summed E-state index contributed by atoms with van der Waals surface area (Å²) in [6, 6.07) is 0. The van der Waals surface area contributed by atoms with Gasteiger partial charge in [-0.1, -0.05) is 23.8 Å².